The lowest BCUT2D eigenvalue weighted by Crippen LogP contribution is -2.43. The lowest BCUT2D eigenvalue weighted by Gasteiger charge is -2.23. The average Bonchev–Trinajstić information content (AvgIpc) is 2.97. The Kier molecular flexibility index (Phi) is 5.87. The highest BCUT2D eigenvalue weighted by Crippen LogP contribution is 2.42. The van der Waals surface area contributed by atoms with E-state index < -0.39 is 11.5 Å². The van der Waals surface area contributed by atoms with Gasteiger partial charge in [0.25, 0.3) is 5.91 Å². The zero-order valence-corrected chi connectivity index (χ0v) is 18.3. The van der Waals surface area contributed by atoms with E-state index in [2.05, 4.69) is 22.6 Å². The quantitative estimate of drug-likeness (QED) is 0.381. The number of nitrogens with zero attached hydrogens (tertiary/aromatic N) is 1. The fraction of sp³-hybridized carbons (Fsp3) is 0.167. The van der Waals surface area contributed by atoms with Crippen molar-refractivity contribution in [2.24, 2.45) is 0 Å². The van der Waals surface area contributed by atoms with Crippen molar-refractivity contribution in [1.29, 1.82) is 0 Å². The number of fused-ring (bicyclic) bond motifs is 1. The molecule has 0 aromatic heterocycles. The molecule has 0 fully saturated rings. The number of carbonyl (C=O) groups is 2. The Bertz CT molecular complexity index is 1070. The lowest BCUT2D eigenvalue weighted by atomic mass is 9.88. The van der Waals surface area contributed by atoms with Gasteiger partial charge >= 0.3 is 0 Å². The molecule has 5 nitrogen and oxygen atoms in total. The van der Waals surface area contributed by atoms with Crippen LogP contribution in [0.5, 0.6) is 5.75 Å². The number of ketones is 1. The topological polar surface area (TPSA) is 66.8 Å². The summed E-state index contributed by atoms with van der Waals surface area (Å²) in [5.74, 6) is -0.0692. The minimum Gasteiger partial charge on any atom is -0.492 e. The molecule has 3 aromatic rings. The van der Waals surface area contributed by atoms with Gasteiger partial charge in [-0.25, -0.2) is 0 Å². The van der Waals surface area contributed by atoms with Crippen LogP contribution in [0.15, 0.2) is 78.9 Å². The van der Waals surface area contributed by atoms with Crippen LogP contribution in [0.3, 0.4) is 0 Å². The predicted molar refractivity (Wildman–Crippen MR) is 123 cm³/mol. The molecule has 0 radical (unpaired) electrons. The molecule has 30 heavy (non-hydrogen) atoms. The number of hydrogen-bond acceptors (Lipinski definition) is 4. The smallest absolute Gasteiger partial charge is 0.264 e. The zero-order valence-electron chi connectivity index (χ0n) is 16.1. The molecule has 3 aromatic carbocycles. The second-order valence-electron chi connectivity index (χ2n) is 7.10. The first kappa shape index (κ1) is 20.6. The Morgan fingerprint density at radius 3 is 2.37 bits per heavy atom. The predicted octanol–water partition coefficient (Wildman–Crippen LogP) is 4.18. The third kappa shape index (κ3) is 3.97. The third-order valence-corrected chi connectivity index (χ3v) is 5.87. The normalized spacial score (nSPS) is 17.7. The van der Waals surface area contributed by atoms with Gasteiger partial charge in [0.05, 0.1) is 18.7 Å². The standard InChI is InChI=1S/C24H20INO4/c25-18-12-10-17(11-13-18)22(27)16-24(29)20-8-4-5-9-21(20)26(23(24)28)14-15-30-19-6-2-1-3-7-19/h1-13,29H,14-16H2. The van der Waals surface area contributed by atoms with Crippen molar-refractivity contribution < 1.29 is 19.4 Å². The van der Waals surface area contributed by atoms with Crippen molar-refractivity contribution in [3.05, 3.63) is 93.6 Å². The van der Waals surface area contributed by atoms with Gasteiger partial charge in [-0.05, 0) is 52.9 Å². The van der Waals surface area contributed by atoms with Crippen LogP contribution in [0.25, 0.3) is 0 Å². The van der Waals surface area contributed by atoms with E-state index in [9.17, 15) is 14.7 Å². The largest absolute Gasteiger partial charge is 0.492 e. The second kappa shape index (κ2) is 8.57. The van der Waals surface area contributed by atoms with Gasteiger partial charge in [0.2, 0.25) is 0 Å². The molecule has 6 heteroatoms. The van der Waals surface area contributed by atoms with Gasteiger partial charge in [0, 0.05) is 14.7 Å². The first-order valence-electron chi connectivity index (χ1n) is 9.59. The molecule has 0 aliphatic carbocycles. The Balaban J connectivity index is 1.54. The minimum absolute atomic E-state index is 0.269. The molecule has 0 spiro atoms. The number of aliphatic hydroxyl groups is 1. The molecular weight excluding hydrogens is 493 g/mol. The van der Waals surface area contributed by atoms with E-state index >= 15 is 0 Å². The number of ether oxygens (including phenoxy) is 1. The van der Waals surface area contributed by atoms with Crippen LogP contribution in [-0.2, 0) is 10.4 Å². The van der Waals surface area contributed by atoms with Gasteiger partial charge in [0.1, 0.15) is 12.4 Å². The van der Waals surface area contributed by atoms with Crippen molar-refractivity contribution in [3.63, 3.8) is 0 Å². The van der Waals surface area contributed by atoms with E-state index in [0.29, 0.717) is 22.6 Å². The fourth-order valence-corrected chi connectivity index (χ4v) is 4.00. The number of rotatable bonds is 7. The third-order valence-electron chi connectivity index (χ3n) is 5.15. The van der Waals surface area contributed by atoms with Gasteiger partial charge in [-0.1, -0.05) is 48.5 Å². The first-order valence-corrected chi connectivity index (χ1v) is 10.7. The summed E-state index contributed by atoms with van der Waals surface area (Å²) in [7, 11) is 0. The van der Waals surface area contributed by atoms with Crippen LogP contribution < -0.4 is 9.64 Å². The van der Waals surface area contributed by atoms with E-state index in [1.165, 1.54) is 4.90 Å². The maximum Gasteiger partial charge on any atom is 0.264 e. The van der Waals surface area contributed by atoms with Crippen LogP contribution in [0.2, 0.25) is 0 Å². The molecule has 1 amide bonds. The summed E-state index contributed by atoms with van der Waals surface area (Å²) >= 11 is 2.16. The summed E-state index contributed by atoms with van der Waals surface area (Å²) in [5, 5.41) is 11.3. The van der Waals surface area contributed by atoms with E-state index in [1.54, 1.807) is 30.3 Å². The van der Waals surface area contributed by atoms with Gasteiger partial charge in [-0.3, -0.25) is 9.59 Å². The number of Topliss-reactive ketones (excluding diaryl/α,β-unsaturated/α-hetero) is 1. The summed E-state index contributed by atoms with van der Waals surface area (Å²) in [6.07, 6.45) is -0.306. The van der Waals surface area contributed by atoms with E-state index in [1.807, 2.05) is 48.5 Å². The molecule has 152 valence electrons. The van der Waals surface area contributed by atoms with E-state index in [-0.39, 0.29) is 25.4 Å². The number of halogens is 1. The summed E-state index contributed by atoms with van der Waals surface area (Å²) in [4.78, 5) is 27.5. The molecule has 0 saturated heterocycles. The van der Waals surface area contributed by atoms with Gasteiger partial charge < -0.3 is 14.7 Å². The SMILES string of the molecule is O=C(CC1(O)C(=O)N(CCOc2ccccc2)c2ccccc21)c1ccc(I)cc1. The molecule has 4 rings (SSSR count). The molecule has 1 aliphatic heterocycles. The van der Waals surface area contributed by atoms with Crippen molar-refractivity contribution in [2.75, 3.05) is 18.1 Å². The van der Waals surface area contributed by atoms with E-state index in [0.717, 1.165) is 3.57 Å². The molecule has 1 aliphatic rings. The number of benzene rings is 3. The second-order valence-corrected chi connectivity index (χ2v) is 8.35. The first-order chi connectivity index (χ1) is 14.5. The van der Waals surface area contributed by atoms with Crippen molar-refractivity contribution in [1.82, 2.24) is 0 Å². The molecule has 1 unspecified atom stereocenters. The van der Waals surface area contributed by atoms with Gasteiger partial charge in [-0.15, -0.1) is 0 Å². The maximum absolute atomic E-state index is 13.2. The molecule has 1 atom stereocenters. The van der Waals surface area contributed by atoms with Crippen LogP contribution in [0.1, 0.15) is 22.3 Å². The summed E-state index contributed by atoms with van der Waals surface area (Å²) in [6.45, 7) is 0.538. The fourth-order valence-electron chi connectivity index (χ4n) is 3.64. The van der Waals surface area contributed by atoms with Crippen LogP contribution in [0.4, 0.5) is 5.69 Å². The van der Waals surface area contributed by atoms with Gasteiger partial charge in [0.15, 0.2) is 11.4 Å². The van der Waals surface area contributed by atoms with Crippen molar-refractivity contribution in [3.8, 4) is 5.75 Å². The number of amides is 1. The number of carbonyl (C=O) groups excluding carboxylic acids is 2. The maximum atomic E-state index is 13.2. The zero-order chi connectivity index (χ0) is 21.1. The monoisotopic (exact) mass is 513 g/mol. The highest BCUT2D eigenvalue weighted by molar-refractivity contribution is 14.1. The van der Waals surface area contributed by atoms with Crippen LogP contribution >= 0.6 is 22.6 Å². The van der Waals surface area contributed by atoms with Crippen LogP contribution in [-0.4, -0.2) is 29.9 Å². The number of para-hydroxylation sites is 2. The number of hydrogen-bond donors (Lipinski definition) is 1. The Morgan fingerprint density at radius 2 is 1.63 bits per heavy atom. The Morgan fingerprint density at radius 1 is 0.967 bits per heavy atom. The Labute approximate surface area is 188 Å². The highest BCUT2D eigenvalue weighted by atomic mass is 127. The molecular formula is C24H20INO4. The van der Waals surface area contributed by atoms with E-state index in [4.69, 9.17) is 4.74 Å². The summed E-state index contributed by atoms with van der Waals surface area (Å²) in [6, 6.07) is 23.5. The molecule has 1 N–H and O–H groups in total. The summed E-state index contributed by atoms with van der Waals surface area (Å²) < 4.78 is 6.73. The molecule has 1 heterocycles. The van der Waals surface area contributed by atoms with Crippen molar-refractivity contribution >= 4 is 40.0 Å². The lowest BCUT2D eigenvalue weighted by molar-refractivity contribution is -0.135. The minimum atomic E-state index is -1.89. The van der Waals surface area contributed by atoms with Gasteiger partial charge in [-0.2, -0.15) is 0 Å². The number of anilines is 1. The molecule has 0 saturated carbocycles. The summed E-state index contributed by atoms with van der Waals surface area (Å²) in [5.41, 5.74) is -0.353. The highest BCUT2D eigenvalue weighted by Gasteiger charge is 2.50. The average molecular weight is 513 g/mol. The van der Waals surface area contributed by atoms with Crippen LogP contribution in [0, 0.1) is 3.57 Å². The van der Waals surface area contributed by atoms with Crippen molar-refractivity contribution in [2.45, 2.75) is 12.0 Å². The Hall–Kier alpha value is -2.71. The molecule has 0 bridgehead atoms.